The summed E-state index contributed by atoms with van der Waals surface area (Å²) < 4.78 is 10.1. The van der Waals surface area contributed by atoms with E-state index in [0.717, 1.165) is 16.5 Å². The normalized spacial score (nSPS) is 17.2. The van der Waals surface area contributed by atoms with Crippen LogP contribution in [-0.4, -0.2) is 22.7 Å². The number of para-hydroxylation sites is 1. The molecule has 0 N–H and O–H groups in total. The largest absolute Gasteiger partial charge is 0.419 e. The Morgan fingerprint density at radius 1 is 1.04 bits per heavy atom. The van der Waals surface area contributed by atoms with Gasteiger partial charge in [-0.1, -0.05) is 30.4 Å². The number of hydrogen-bond acceptors (Lipinski definition) is 5. The third kappa shape index (κ3) is 3.13. The highest BCUT2D eigenvalue weighted by Gasteiger charge is 2.38. The Hall–Kier alpha value is -2.95. The molecule has 0 unspecified atom stereocenters. The molecule has 1 fully saturated rings. The highest BCUT2D eigenvalue weighted by molar-refractivity contribution is 6.15. The van der Waals surface area contributed by atoms with Gasteiger partial charge in [0, 0.05) is 25.4 Å². The summed E-state index contributed by atoms with van der Waals surface area (Å²) in [6.07, 6.45) is 6.53. The minimum Gasteiger partial charge on any atom is -0.419 e. The van der Waals surface area contributed by atoms with E-state index in [2.05, 4.69) is 4.98 Å². The van der Waals surface area contributed by atoms with Crippen molar-refractivity contribution in [2.45, 2.75) is 19.6 Å². The molecule has 1 aromatic heterocycles. The van der Waals surface area contributed by atoms with Crippen LogP contribution in [0.1, 0.15) is 19.4 Å². The Labute approximate surface area is 133 Å². The van der Waals surface area contributed by atoms with Crippen molar-refractivity contribution in [3.63, 3.8) is 0 Å². The summed E-state index contributed by atoms with van der Waals surface area (Å²) in [4.78, 5) is 28.0. The SMILES string of the molecule is CC1(C)OC(=O)C(=CC=Cc2ccnc3ccccc23)C(=O)O1. The summed E-state index contributed by atoms with van der Waals surface area (Å²) in [5.41, 5.74) is 1.68. The molecule has 0 saturated carbocycles. The van der Waals surface area contributed by atoms with E-state index >= 15 is 0 Å². The Kier molecular flexibility index (Phi) is 3.70. The van der Waals surface area contributed by atoms with E-state index in [1.54, 1.807) is 18.3 Å². The van der Waals surface area contributed by atoms with Gasteiger partial charge in [-0.25, -0.2) is 9.59 Å². The lowest BCUT2D eigenvalue weighted by atomic mass is 10.1. The summed E-state index contributed by atoms with van der Waals surface area (Å²) >= 11 is 0. The second-order valence-corrected chi connectivity index (χ2v) is 5.54. The van der Waals surface area contributed by atoms with E-state index in [1.165, 1.54) is 19.9 Å². The maximum absolute atomic E-state index is 11.8. The summed E-state index contributed by atoms with van der Waals surface area (Å²) in [7, 11) is 0. The zero-order valence-corrected chi connectivity index (χ0v) is 12.8. The number of rotatable bonds is 2. The summed E-state index contributed by atoms with van der Waals surface area (Å²) in [6.45, 7) is 3.02. The molecule has 5 nitrogen and oxygen atoms in total. The maximum Gasteiger partial charge on any atom is 0.348 e. The molecule has 0 radical (unpaired) electrons. The molecule has 23 heavy (non-hydrogen) atoms. The molecule has 1 aliphatic rings. The van der Waals surface area contributed by atoms with Crippen molar-refractivity contribution in [2.75, 3.05) is 0 Å². The van der Waals surface area contributed by atoms with Crippen LogP contribution in [0.2, 0.25) is 0 Å². The zero-order valence-electron chi connectivity index (χ0n) is 12.8. The fourth-order valence-electron chi connectivity index (χ4n) is 2.31. The van der Waals surface area contributed by atoms with Crippen LogP contribution >= 0.6 is 0 Å². The number of fused-ring (bicyclic) bond motifs is 1. The molecular weight excluding hydrogens is 294 g/mol. The number of nitrogens with zero attached hydrogens (tertiary/aromatic N) is 1. The van der Waals surface area contributed by atoms with Gasteiger partial charge in [0.05, 0.1) is 5.52 Å². The number of aromatic nitrogens is 1. The highest BCUT2D eigenvalue weighted by atomic mass is 16.7. The van der Waals surface area contributed by atoms with Gasteiger partial charge in [-0.05, 0) is 23.8 Å². The second-order valence-electron chi connectivity index (χ2n) is 5.54. The average molecular weight is 309 g/mol. The van der Waals surface area contributed by atoms with Gasteiger partial charge in [0.25, 0.3) is 5.79 Å². The summed E-state index contributed by atoms with van der Waals surface area (Å²) in [5, 5.41) is 0.986. The van der Waals surface area contributed by atoms with Gasteiger partial charge in [0.2, 0.25) is 0 Å². The molecule has 2 aromatic rings. The van der Waals surface area contributed by atoms with Crippen LogP contribution < -0.4 is 0 Å². The third-order valence-corrected chi connectivity index (χ3v) is 3.34. The molecule has 0 bridgehead atoms. The van der Waals surface area contributed by atoms with Crippen LogP contribution in [0.5, 0.6) is 0 Å². The number of carbonyl (C=O) groups is 2. The van der Waals surface area contributed by atoms with Gasteiger partial charge in [-0.3, -0.25) is 4.98 Å². The van der Waals surface area contributed by atoms with Gasteiger partial charge in [-0.2, -0.15) is 0 Å². The molecule has 0 atom stereocenters. The number of carbonyl (C=O) groups excluding carboxylic acids is 2. The smallest absolute Gasteiger partial charge is 0.348 e. The fraction of sp³-hybridized carbons (Fsp3) is 0.167. The Bertz CT molecular complexity index is 822. The molecule has 116 valence electrons. The first-order valence-electron chi connectivity index (χ1n) is 7.15. The van der Waals surface area contributed by atoms with Crippen LogP contribution in [0.4, 0.5) is 0 Å². The fourth-order valence-corrected chi connectivity index (χ4v) is 2.31. The van der Waals surface area contributed by atoms with Gasteiger partial charge in [-0.15, -0.1) is 0 Å². The summed E-state index contributed by atoms with van der Waals surface area (Å²) in [6, 6.07) is 9.58. The number of pyridine rings is 1. The van der Waals surface area contributed by atoms with E-state index in [9.17, 15) is 9.59 Å². The topological polar surface area (TPSA) is 65.5 Å². The van der Waals surface area contributed by atoms with Gasteiger partial charge in [0.15, 0.2) is 0 Å². The second kappa shape index (κ2) is 5.68. The third-order valence-electron chi connectivity index (χ3n) is 3.34. The van der Waals surface area contributed by atoms with Crippen molar-refractivity contribution in [3.05, 3.63) is 59.8 Å². The Morgan fingerprint density at radius 2 is 1.74 bits per heavy atom. The highest BCUT2D eigenvalue weighted by Crippen LogP contribution is 2.23. The predicted octanol–water partition coefficient (Wildman–Crippen LogP) is 3.01. The molecule has 0 aliphatic carbocycles. The first kappa shape index (κ1) is 15.0. The molecule has 5 heteroatoms. The van der Waals surface area contributed by atoms with Crippen LogP contribution in [-0.2, 0) is 19.1 Å². The number of hydrogen-bond donors (Lipinski definition) is 0. The van der Waals surface area contributed by atoms with Crippen LogP contribution in [0.25, 0.3) is 17.0 Å². The van der Waals surface area contributed by atoms with Crippen molar-refractivity contribution >= 4 is 28.9 Å². The first-order chi connectivity index (χ1) is 11.0. The molecule has 1 saturated heterocycles. The average Bonchev–Trinajstić information content (AvgIpc) is 2.49. The van der Waals surface area contributed by atoms with Crippen molar-refractivity contribution in [1.29, 1.82) is 0 Å². The minimum absolute atomic E-state index is 0.126. The van der Waals surface area contributed by atoms with Crippen LogP contribution in [0.3, 0.4) is 0 Å². The van der Waals surface area contributed by atoms with Gasteiger partial charge >= 0.3 is 11.9 Å². The Morgan fingerprint density at radius 3 is 2.48 bits per heavy atom. The first-order valence-corrected chi connectivity index (χ1v) is 7.15. The number of allylic oxidation sites excluding steroid dienone is 2. The van der Waals surface area contributed by atoms with E-state index < -0.39 is 17.7 Å². The van der Waals surface area contributed by atoms with E-state index in [4.69, 9.17) is 9.47 Å². The van der Waals surface area contributed by atoms with Crippen LogP contribution in [0, 0.1) is 0 Å². The maximum atomic E-state index is 11.8. The lowest BCUT2D eigenvalue weighted by Gasteiger charge is -2.29. The monoisotopic (exact) mass is 309 g/mol. The summed E-state index contributed by atoms with van der Waals surface area (Å²) in [5.74, 6) is -2.60. The number of benzene rings is 1. The van der Waals surface area contributed by atoms with E-state index in [1.807, 2.05) is 30.3 Å². The van der Waals surface area contributed by atoms with Crippen LogP contribution in [0.15, 0.2) is 54.3 Å². The lowest BCUT2D eigenvalue weighted by Crippen LogP contribution is -2.41. The van der Waals surface area contributed by atoms with Crippen molar-refractivity contribution in [3.8, 4) is 0 Å². The standard InChI is InChI=1S/C18H15NO4/c1-18(2)22-16(20)14(17(21)23-18)8-5-6-12-10-11-19-15-9-4-3-7-13(12)15/h3-11H,1-2H3. The quantitative estimate of drug-likeness (QED) is 0.485. The van der Waals surface area contributed by atoms with Gasteiger partial charge in [0.1, 0.15) is 5.57 Å². The number of ether oxygens (including phenoxy) is 2. The van der Waals surface area contributed by atoms with Crippen molar-refractivity contribution in [2.24, 2.45) is 0 Å². The predicted molar refractivity (Wildman–Crippen MR) is 85.1 cm³/mol. The molecule has 2 heterocycles. The number of cyclic esters (lactones) is 2. The van der Waals surface area contributed by atoms with Crippen molar-refractivity contribution in [1.82, 2.24) is 4.98 Å². The lowest BCUT2D eigenvalue weighted by molar-refractivity contribution is -0.222. The Balaban J connectivity index is 1.88. The minimum atomic E-state index is -1.23. The molecule has 0 spiro atoms. The molecule has 0 amide bonds. The van der Waals surface area contributed by atoms with Gasteiger partial charge < -0.3 is 9.47 Å². The van der Waals surface area contributed by atoms with E-state index in [-0.39, 0.29) is 5.57 Å². The molecule has 1 aliphatic heterocycles. The molecular formula is C18H15NO4. The molecule has 1 aromatic carbocycles. The van der Waals surface area contributed by atoms with Crippen molar-refractivity contribution < 1.29 is 19.1 Å². The number of esters is 2. The van der Waals surface area contributed by atoms with E-state index in [0.29, 0.717) is 0 Å². The molecule has 3 rings (SSSR count). The zero-order chi connectivity index (χ0) is 16.4.